The molecule has 0 fully saturated rings. The van der Waals surface area contributed by atoms with Crippen molar-refractivity contribution in [2.75, 3.05) is 20.3 Å². The molecule has 170 valence electrons. The van der Waals surface area contributed by atoms with Crippen LogP contribution in [0.4, 0.5) is 0 Å². The molecule has 0 N–H and O–H groups in total. The van der Waals surface area contributed by atoms with E-state index in [4.69, 9.17) is 14.2 Å². The zero-order chi connectivity index (χ0) is 23.4. The van der Waals surface area contributed by atoms with Gasteiger partial charge >= 0.3 is 5.97 Å². The molecule has 1 heterocycles. The van der Waals surface area contributed by atoms with Crippen molar-refractivity contribution in [3.63, 3.8) is 0 Å². The highest BCUT2D eigenvalue weighted by Gasteiger charge is 2.12. The van der Waals surface area contributed by atoms with Crippen LogP contribution >= 0.6 is 0 Å². The lowest BCUT2D eigenvalue weighted by atomic mass is 10.0. The topological polar surface area (TPSA) is 79.7 Å². The van der Waals surface area contributed by atoms with Crippen LogP contribution in [-0.2, 0) is 22.6 Å². The van der Waals surface area contributed by atoms with Crippen molar-refractivity contribution in [3.8, 4) is 5.75 Å². The van der Waals surface area contributed by atoms with Gasteiger partial charge in [0, 0.05) is 7.11 Å². The van der Waals surface area contributed by atoms with Crippen molar-refractivity contribution in [1.29, 1.82) is 0 Å². The number of esters is 1. The summed E-state index contributed by atoms with van der Waals surface area (Å²) in [6.07, 6.45) is 0. The predicted octanol–water partition coefficient (Wildman–Crippen LogP) is 4.26. The molecule has 7 nitrogen and oxygen atoms in total. The van der Waals surface area contributed by atoms with E-state index in [1.807, 2.05) is 37.3 Å². The minimum Gasteiger partial charge on any atom is -0.489 e. The maximum Gasteiger partial charge on any atom is 0.338 e. The van der Waals surface area contributed by atoms with Gasteiger partial charge in [-0.2, -0.15) is 0 Å². The summed E-state index contributed by atoms with van der Waals surface area (Å²) >= 11 is 0. The molecule has 3 aromatic carbocycles. The molecule has 0 bridgehead atoms. The number of rotatable bonds is 8. The van der Waals surface area contributed by atoms with E-state index >= 15 is 0 Å². The quantitative estimate of drug-likeness (QED) is 0.297. The minimum atomic E-state index is -0.356. The molecule has 33 heavy (non-hydrogen) atoms. The summed E-state index contributed by atoms with van der Waals surface area (Å²) in [5, 5.41) is 2.40. The summed E-state index contributed by atoms with van der Waals surface area (Å²) in [5.41, 5.74) is 2.00. The molecule has 7 heteroatoms. The Balaban J connectivity index is 1.63. The van der Waals surface area contributed by atoms with Gasteiger partial charge in [0.2, 0.25) is 0 Å². The Hall–Kier alpha value is -3.71. The summed E-state index contributed by atoms with van der Waals surface area (Å²) in [4.78, 5) is 29.7. The first-order chi connectivity index (χ1) is 16.0. The Morgan fingerprint density at radius 1 is 1.06 bits per heavy atom. The number of aromatic nitrogens is 2. The summed E-state index contributed by atoms with van der Waals surface area (Å²) in [5.74, 6) is 0.945. The molecule has 0 spiro atoms. The number of ether oxygens (including phenoxy) is 3. The second kappa shape index (κ2) is 9.83. The number of carbonyl (C=O) groups is 1. The fourth-order valence-electron chi connectivity index (χ4n) is 3.79. The van der Waals surface area contributed by atoms with E-state index in [0.29, 0.717) is 54.4 Å². The van der Waals surface area contributed by atoms with Crippen molar-refractivity contribution < 1.29 is 19.0 Å². The third-order valence-electron chi connectivity index (χ3n) is 5.49. The molecular formula is C26H26N2O5. The van der Waals surface area contributed by atoms with Crippen LogP contribution in [0.25, 0.3) is 21.7 Å². The Kier molecular flexibility index (Phi) is 6.70. The Bertz CT molecular complexity index is 1360. The molecule has 0 saturated heterocycles. The maximum absolute atomic E-state index is 13.3. The van der Waals surface area contributed by atoms with Crippen molar-refractivity contribution in [2.24, 2.45) is 0 Å². The van der Waals surface area contributed by atoms with Gasteiger partial charge in [-0.1, -0.05) is 18.2 Å². The van der Waals surface area contributed by atoms with E-state index in [1.165, 1.54) is 0 Å². The molecule has 0 saturated carbocycles. The molecule has 4 rings (SSSR count). The lowest BCUT2D eigenvalue weighted by Gasteiger charge is -2.12. The summed E-state index contributed by atoms with van der Waals surface area (Å²) in [6, 6.07) is 16.6. The van der Waals surface area contributed by atoms with Crippen molar-refractivity contribution in [3.05, 3.63) is 81.9 Å². The van der Waals surface area contributed by atoms with Crippen LogP contribution in [0.1, 0.15) is 28.7 Å². The zero-order valence-electron chi connectivity index (χ0n) is 19.0. The first kappa shape index (κ1) is 22.5. The largest absolute Gasteiger partial charge is 0.489 e. The number of hydrogen-bond acceptors (Lipinski definition) is 6. The van der Waals surface area contributed by atoms with Gasteiger partial charge in [0.05, 0.1) is 36.2 Å². The summed E-state index contributed by atoms with van der Waals surface area (Å²) < 4.78 is 17.7. The Labute approximate surface area is 191 Å². The van der Waals surface area contributed by atoms with E-state index in [2.05, 4.69) is 4.98 Å². The SMILES string of the molecule is CCOC(=O)c1ccc(OCc2ccc3ccc4nc(C)n(CCOC)c(=O)c4c3c2)cc1. The summed E-state index contributed by atoms with van der Waals surface area (Å²) in [7, 11) is 1.61. The molecule has 0 unspecified atom stereocenters. The number of aryl methyl sites for hydroxylation is 1. The van der Waals surface area contributed by atoms with Crippen LogP contribution < -0.4 is 10.3 Å². The zero-order valence-corrected chi connectivity index (χ0v) is 19.0. The van der Waals surface area contributed by atoms with E-state index in [0.717, 1.165) is 16.3 Å². The second-order valence-electron chi connectivity index (χ2n) is 7.66. The van der Waals surface area contributed by atoms with E-state index in [1.54, 1.807) is 42.9 Å². The predicted molar refractivity (Wildman–Crippen MR) is 127 cm³/mol. The minimum absolute atomic E-state index is 0.0761. The lowest BCUT2D eigenvalue weighted by molar-refractivity contribution is 0.0526. The van der Waals surface area contributed by atoms with Crippen molar-refractivity contribution in [1.82, 2.24) is 9.55 Å². The molecule has 4 aromatic rings. The first-order valence-electron chi connectivity index (χ1n) is 10.8. The number of nitrogens with zero attached hydrogens (tertiary/aromatic N) is 2. The normalized spacial score (nSPS) is 11.1. The van der Waals surface area contributed by atoms with Crippen LogP contribution in [0.3, 0.4) is 0 Å². The maximum atomic E-state index is 13.3. The molecule has 1 aromatic heterocycles. The van der Waals surface area contributed by atoms with Crippen LogP contribution in [0.15, 0.2) is 59.4 Å². The highest BCUT2D eigenvalue weighted by Crippen LogP contribution is 2.24. The molecule has 0 aliphatic heterocycles. The standard InChI is InChI=1S/C26H26N2O5/c1-4-32-26(30)20-7-10-21(11-8-20)33-16-18-5-6-19-9-12-23-24(22(19)15-18)25(29)28(13-14-31-3)17(2)27-23/h5-12,15H,4,13-14,16H2,1-3H3. The van der Waals surface area contributed by atoms with Gasteiger partial charge < -0.3 is 14.2 Å². The smallest absolute Gasteiger partial charge is 0.338 e. The Morgan fingerprint density at radius 2 is 1.82 bits per heavy atom. The second-order valence-corrected chi connectivity index (χ2v) is 7.66. The molecule has 0 atom stereocenters. The third kappa shape index (κ3) is 4.73. The fraction of sp³-hybridized carbons (Fsp3) is 0.269. The number of fused-ring (bicyclic) bond motifs is 3. The van der Waals surface area contributed by atoms with Gasteiger partial charge in [0.1, 0.15) is 18.2 Å². The highest BCUT2D eigenvalue weighted by molar-refractivity contribution is 6.05. The number of hydrogen-bond donors (Lipinski definition) is 0. The number of methoxy groups -OCH3 is 1. The fourth-order valence-corrected chi connectivity index (χ4v) is 3.79. The van der Waals surface area contributed by atoms with Crippen LogP contribution in [0.5, 0.6) is 5.75 Å². The van der Waals surface area contributed by atoms with E-state index in [9.17, 15) is 9.59 Å². The molecule has 0 aliphatic rings. The molecule has 0 aliphatic carbocycles. The molecular weight excluding hydrogens is 420 g/mol. The number of carbonyl (C=O) groups excluding carboxylic acids is 1. The van der Waals surface area contributed by atoms with Crippen LogP contribution in [0, 0.1) is 6.92 Å². The van der Waals surface area contributed by atoms with Gasteiger partial charge in [-0.05, 0) is 66.6 Å². The van der Waals surface area contributed by atoms with Crippen LogP contribution in [0.2, 0.25) is 0 Å². The monoisotopic (exact) mass is 446 g/mol. The van der Waals surface area contributed by atoms with E-state index < -0.39 is 0 Å². The third-order valence-corrected chi connectivity index (χ3v) is 5.49. The van der Waals surface area contributed by atoms with Gasteiger partial charge in [0.15, 0.2) is 0 Å². The van der Waals surface area contributed by atoms with Crippen molar-refractivity contribution >= 4 is 27.6 Å². The molecule has 0 amide bonds. The van der Waals surface area contributed by atoms with Crippen molar-refractivity contribution in [2.45, 2.75) is 27.0 Å². The summed E-state index contributed by atoms with van der Waals surface area (Å²) in [6.45, 7) is 5.15. The highest BCUT2D eigenvalue weighted by atomic mass is 16.5. The number of benzene rings is 3. The molecule has 0 radical (unpaired) electrons. The average molecular weight is 447 g/mol. The van der Waals surface area contributed by atoms with Crippen LogP contribution in [-0.4, -0.2) is 35.8 Å². The van der Waals surface area contributed by atoms with Gasteiger partial charge in [-0.3, -0.25) is 9.36 Å². The van der Waals surface area contributed by atoms with Gasteiger partial charge in [0.25, 0.3) is 5.56 Å². The van der Waals surface area contributed by atoms with E-state index in [-0.39, 0.29) is 11.5 Å². The van der Waals surface area contributed by atoms with Gasteiger partial charge in [-0.15, -0.1) is 0 Å². The average Bonchev–Trinajstić information content (AvgIpc) is 2.82. The Morgan fingerprint density at radius 3 is 2.55 bits per heavy atom. The first-order valence-corrected chi connectivity index (χ1v) is 10.8. The van der Waals surface area contributed by atoms with Gasteiger partial charge in [-0.25, -0.2) is 9.78 Å². The lowest BCUT2D eigenvalue weighted by Crippen LogP contribution is -2.25.